The van der Waals surface area contributed by atoms with Crippen molar-refractivity contribution in [1.29, 1.82) is 0 Å². The number of nitrogens with one attached hydrogen (secondary N) is 1. The van der Waals surface area contributed by atoms with Crippen LogP contribution in [-0.4, -0.2) is 48.3 Å². The van der Waals surface area contributed by atoms with Gasteiger partial charge in [-0.1, -0.05) is 53.4 Å². The van der Waals surface area contributed by atoms with Crippen LogP contribution in [0.3, 0.4) is 0 Å². The van der Waals surface area contributed by atoms with Gasteiger partial charge in [0.05, 0.1) is 24.2 Å². The average molecular weight is 596 g/mol. The lowest BCUT2D eigenvalue weighted by atomic mass is 10.0. The van der Waals surface area contributed by atoms with Crippen LogP contribution in [0.1, 0.15) is 16.9 Å². The summed E-state index contributed by atoms with van der Waals surface area (Å²) < 4.78 is 22.3. The maximum atomic E-state index is 13.1. The first-order valence-electron chi connectivity index (χ1n) is 12.1. The van der Waals surface area contributed by atoms with Crippen molar-refractivity contribution in [3.63, 3.8) is 0 Å². The van der Waals surface area contributed by atoms with Crippen molar-refractivity contribution in [2.24, 2.45) is 4.99 Å². The number of hydrogen-bond acceptors (Lipinski definition) is 11. The van der Waals surface area contributed by atoms with E-state index in [1.165, 1.54) is 18.9 Å². The van der Waals surface area contributed by atoms with Crippen molar-refractivity contribution in [2.75, 3.05) is 25.3 Å². The summed E-state index contributed by atoms with van der Waals surface area (Å²) in [5.74, 6) is 0.162. The minimum atomic E-state index is -0.570. The molecular formula is C27H21N3O7S3. The number of ether oxygens (including phenoxy) is 4. The van der Waals surface area contributed by atoms with Gasteiger partial charge in [0.25, 0.3) is 0 Å². The lowest BCUT2D eigenvalue weighted by molar-refractivity contribution is -0.140. The topological polar surface area (TPSA) is 123 Å². The monoisotopic (exact) mass is 595 g/mol. The van der Waals surface area contributed by atoms with Gasteiger partial charge in [0, 0.05) is 35.6 Å². The molecule has 3 aromatic rings. The largest absolute Gasteiger partial charge is 0.493 e. The predicted octanol–water partition coefficient (Wildman–Crippen LogP) is 5.06. The van der Waals surface area contributed by atoms with E-state index in [1.807, 2.05) is 53.4 Å². The number of amides is 1. The lowest BCUT2D eigenvalue weighted by Gasteiger charge is -2.21. The average Bonchev–Trinajstić information content (AvgIpc) is 3.71. The SMILES string of the molecule is COC(=O)CCN1/C(=C/C(Cc2ccccc2)=C2/OC(c3sc(=S)[nH]c3O)=NC2=O)Sc2cc3c(cc21)OCO3. The Morgan fingerprint density at radius 3 is 2.75 bits per heavy atom. The van der Waals surface area contributed by atoms with E-state index < -0.39 is 5.91 Å². The maximum Gasteiger partial charge on any atom is 0.316 e. The number of thioether (sulfide) groups is 1. The number of H-pyrrole nitrogens is 1. The molecule has 0 unspecified atom stereocenters. The van der Waals surface area contributed by atoms with Crippen LogP contribution < -0.4 is 14.4 Å². The summed E-state index contributed by atoms with van der Waals surface area (Å²) in [6, 6.07) is 13.4. The Morgan fingerprint density at radius 1 is 1.25 bits per heavy atom. The zero-order valence-electron chi connectivity index (χ0n) is 21.0. The molecule has 3 aliphatic rings. The molecule has 204 valence electrons. The Bertz CT molecular complexity index is 1670. The van der Waals surface area contributed by atoms with E-state index in [0.717, 1.165) is 32.5 Å². The number of esters is 1. The number of methoxy groups -OCH3 is 1. The van der Waals surface area contributed by atoms with Crippen LogP contribution in [0, 0.1) is 3.95 Å². The molecule has 0 bridgehead atoms. The third-order valence-corrected chi connectivity index (χ3v) is 8.55. The first-order valence-corrected chi connectivity index (χ1v) is 14.1. The van der Waals surface area contributed by atoms with Gasteiger partial charge in [-0.05, 0) is 23.9 Å². The summed E-state index contributed by atoms with van der Waals surface area (Å²) in [4.78, 5) is 35.0. The molecule has 2 aromatic carbocycles. The second kappa shape index (κ2) is 10.8. The molecule has 2 N–H and O–H groups in total. The Balaban J connectivity index is 1.41. The van der Waals surface area contributed by atoms with Gasteiger partial charge in [-0.2, -0.15) is 4.99 Å². The van der Waals surface area contributed by atoms with E-state index in [2.05, 4.69) is 9.98 Å². The van der Waals surface area contributed by atoms with Gasteiger partial charge < -0.3 is 33.9 Å². The fraction of sp³-hybridized carbons (Fsp3) is 0.185. The lowest BCUT2D eigenvalue weighted by Crippen LogP contribution is -2.22. The van der Waals surface area contributed by atoms with Crippen molar-refractivity contribution in [3.05, 3.63) is 79.3 Å². The van der Waals surface area contributed by atoms with Gasteiger partial charge >= 0.3 is 11.9 Å². The molecule has 3 aliphatic heterocycles. The van der Waals surface area contributed by atoms with Gasteiger partial charge in [0.15, 0.2) is 26.1 Å². The number of anilines is 1. The molecule has 1 amide bonds. The number of hydrogen-bond donors (Lipinski definition) is 2. The van der Waals surface area contributed by atoms with Crippen LogP contribution in [0.4, 0.5) is 5.69 Å². The zero-order chi connectivity index (χ0) is 27.8. The number of aromatic hydroxyl groups is 1. The molecular weight excluding hydrogens is 575 g/mol. The quantitative estimate of drug-likeness (QED) is 0.218. The van der Waals surface area contributed by atoms with E-state index in [9.17, 15) is 14.7 Å². The third-order valence-electron chi connectivity index (χ3n) is 6.24. The summed E-state index contributed by atoms with van der Waals surface area (Å²) in [5.41, 5.74) is 2.38. The smallest absolute Gasteiger partial charge is 0.316 e. The summed E-state index contributed by atoms with van der Waals surface area (Å²) in [6.07, 6.45) is 2.38. The molecule has 0 saturated heterocycles. The van der Waals surface area contributed by atoms with Crippen LogP contribution >= 0.6 is 35.3 Å². The van der Waals surface area contributed by atoms with Gasteiger partial charge in [-0.3, -0.25) is 9.59 Å². The molecule has 13 heteroatoms. The van der Waals surface area contributed by atoms with Crippen LogP contribution in [-0.2, 0) is 25.5 Å². The normalized spacial score (nSPS) is 17.6. The number of carbonyl (C=O) groups excluding carboxylic acids is 2. The minimum absolute atomic E-state index is 0.0190. The molecule has 1 aromatic heterocycles. The number of aliphatic imine (C=N–C) groups is 1. The van der Waals surface area contributed by atoms with Crippen molar-refractivity contribution < 1.29 is 33.6 Å². The number of aromatic amines is 1. The number of aromatic nitrogens is 1. The summed E-state index contributed by atoms with van der Waals surface area (Å²) >= 11 is 7.64. The van der Waals surface area contributed by atoms with Crippen molar-refractivity contribution in [1.82, 2.24) is 4.98 Å². The second-order valence-electron chi connectivity index (χ2n) is 8.77. The molecule has 0 atom stereocenters. The maximum absolute atomic E-state index is 13.1. The number of nitrogens with zero attached hydrogens (tertiary/aromatic N) is 2. The molecule has 0 fully saturated rings. The van der Waals surface area contributed by atoms with E-state index in [1.54, 1.807) is 0 Å². The van der Waals surface area contributed by atoms with Crippen LogP contribution in [0.5, 0.6) is 17.4 Å². The number of carbonyl (C=O) groups is 2. The highest BCUT2D eigenvalue weighted by atomic mass is 32.2. The number of benzene rings is 2. The van der Waals surface area contributed by atoms with Gasteiger partial charge in [-0.25, -0.2) is 0 Å². The molecule has 0 spiro atoms. The second-order valence-corrected chi connectivity index (χ2v) is 11.5. The van der Waals surface area contributed by atoms with Crippen LogP contribution in [0.25, 0.3) is 0 Å². The first kappa shape index (κ1) is 26.2. The van der Waals surface area contributed by atoms with Crippen molar-refractivity contribution >= 4 is 58.8 Å². The number of rotatable bonds is 7. The Kier molecular flexibility index (Phi) is 7.09. The highest BCUT2D eigenvalue weighted by Crippen LogP contribution is 2.52. The fourth-order valence-electron chi connectivity index (χ4n) is 4.37. The summed E-state index contributed by atoms with van der Waals surface area (Å²) in [7, 11) is 1.35. The minimum Gasteiger partial charge on any atom is -0.493 e. The third kappa shape index (κ3) is 5.10. The van der Waals surface area contributed by atoms with Crippen molar-refractivity contribution in [2.45, 2.75) is 17.7 Å². The first-order chi connectivity index (χ1) is 19.4. The predicted molar refractivity (Wildman–Crippen MR) is 151 cm³/mol. The zero-order valence-corrected chi connectivity index (χ0v) is 23.4. The number of thiazole rings is 1. The number of fused-ring (bicyclic) bond motifs is 2. The van der Waals surface area contributed by atoms with E-state index >= 15 is 0 Å². The molecule has 10 nitrogen and oxygen atoms in total. The van der Waals surface area contributed by atoms with Gasteiger partial charge in [-0.15, -0.1) is 0 Å². The number of allylic oxidation sites excluding steroid dienone is 2. The van der Waals surface area contributed by atoms with Crippen LogP contribution in [0.15, 0.2) is 74.8 Å². The molecule has 4 heterocycles. The van der Waals surface area contributed by atoms with Crippen LogP contribution in [0.2, 0.25) is 0 Å². The molecule has 0 saturated carbocycles. The highest BCUT2D eigenvalue weighted by Gasteiger charge is 2.33. The standard InChI is InChI=1S/C27H21N3O7S3/c1-34-21(31)7-8-30-16-11-17-18(36-13-35-17)12-19(16)39-20(30)10-15(9-14-5-3-2-4-6-14)22-24(32)28-26(37-22)23-25(33)29-27(38)40-23/h2-6,10-12,33H,7-9,13H2,1H3,(H,29,38)/b20-10-,22-15+. The molecule has 0 radical (unpaired) electrons. The molecule has 40 heavy (non-hydrogen) atoms. The van der Waals surface area contributed by atoms with E-state index in [4.69, 9.17) is 31.2 Å². The Hall–Kier alpha value is -4.07. The van der Waals surface area contributed by atoms with Crippen molar-refractivity contribution in [3.8, 4) is 17.4 Å². The molecule has 0 aliphatic carbocycles. The Labute approximate surface area is 241 Å². The fourth-order valence-corrected chi connectivity index (χ4v) is 6.54. The molecule has 6 rings (SSSR count). The summed E-state index contributed by atoms with van der Waals surface area (Å²) in [5, 5.41) is 11.0. The van der Waals surface area contributed by atoms with E-state index in [0.29, 0.717) is 34.0 Å². The van der Waals surface area contributed by atoms with Gasteiger partial charge in [0.2, 0.25) is 18.6 Å². The van der Waals surface area contributed by atoms with E-state index in [-0.39, 0.29) is 41.6 Å². The summed E-state index contributed by atoms with van der Waals surface area (Å²) in [6.45, 7) is 0.483. The Morgan fingerprint density at radius 2 is 2.02 bits per heavy atom. The highest BCUT2D eigenvalue weighted by molar-refractivity contribution is 8.03. The van der Waals surface area contributed by atoms with Gasteiger partial charge in [0.1, 0.15) is 0 Å².